The molecule has 4 rings (SSSR count). The highest BCUT2D eigenvalue weighted by atomic mass is 35.5. The van der Waals surface area contributed by atoms with Gasteiger partial charge in [0.25, 0.3) is 0 Å². The van der Waals surface area contributed by atoms with E-state index >= 15 is 0 Å². The lowest BCUT2D eigenvalue weighted by molar-refractivity contribution is 0.402. The van der Waals surface area contributed by atoms with Crippen molar-refractivity contribution in [3.05, 3.63) is 83.5 Å². The first-order valence-corrected chi connectivity index (χ1v) is 11.0. The van der Waals surface area contributed by atoms with Gasteiger partial charge in [-0.2, -0.15) is 0 Å². The molecule has 0 saturated carbocycles. The Hall–Kier alpha value is -3.00. The molecule has 0 unspecified atom stereocenters. The van der Waals surface area contributed by atoms with Crippen molar-refractivity contribution >= 4 is 32.7 Å². The van der Waals surface area contributed by atoms with Crippen LogP contribution in [-0.2, 0) is 16.6 Å². The molecule has 0 fully saturated rings. The Labute approximate surface area is 179 Å². The molecular formula is C22H18ClN3O3S. The van der Waals surface area contributed by atoms with Crippen molar-refractivity contribution < 1.29 is 13.2 Å². The first-order valence-electron chi connectivity index (χ1n) is 9.11. The van der Waals surface area contributed by atoms with Crippen molar-refractivity contribution in [2.24, 2.45) is 0 Å². The first-order chi connectivity index (χ1) is 14.5. The molecule has 0 saturated heterocycles. The zero-order chi connectivity index (χ0) is 21.1. The van der Waals surface area contributed by atoms with E-state index in [9.17, 15) is 8.42 Å². The zero-order valence-corrected chi connectivity index (χ0v) is 17.6. The second-order valence-electron chi connectivity index (χ2n) is 6.53. The van der Waals surface area contributed by atoms with E-state index in [4.69, 9.17) is 16.3 Å². The number of nitrogens with one attached hydrogen (secondary N) is 1. The fourth-order valence-corrected chi connectivity index (χ4v) is 4.46. The van der Waals surface area contributed by atoms with E-state index in [1.807, 2.05) is 30.3 Å². The van der Waals surface area contributed by atoms with Crippen LogP contribution in [0.5, 0.6) is 5.75 Å². The van der Waals surface area contributed by atoms with Crippen molar-refractivity contribution in [2.75, 3.05) is 7.11 Å². The van der Waals surface area contributed by atoms with Gasteiger partial charge in [-0.1, -0.05) is 41.9 Å². The monoisotopic (exact) mass is 439 g/mol. The van der Waals surface area contributed by atoms with E-state index in [0.29, 0.717) is 27.3 Å². The summed E-state index contributed by atoms with van der Waals surface area (Å²) in [5.74, 6) is 0.250. The highest BCUT2D eigenvalue weighted by Gasteiger charge is 2.21. The fourth-order valence-electron chi connectivity index (χ4n) is 3.05. The minimum Gasteiger partial charge on any atom is -0.495 e. The fraction of sp³-hybridized carbons (Fsp3) is 0.0909. The van der Waals surface area contributed by atoms with Gasteiger partial charge in [-0.15, -0.1) is 0 Å². The third-order valence-electron chi connectivity index (χ3n) is 4.59. The van der Waals surface area contributed by atoms with Crippen LogP contribution in [0, 0.1) is 0 Å². The molecule has 2 aromatic carbocycles. The summed E-state index contributed by atoms with van der Waals surface area (Å²) in [5.41, 5.74) is 3.28. The average molecular weight is 440 g/mol. The zero-order valence-electron chi connectivity index (χ0n) is 16.0. The summed E-state index contributed by atoms with van der Waals surface area (Å²) < 4.78 is 33.9. The lowest BCUT2D eigenvalue weighted by atomic mass is 10.1. The van der Waals surface area contributed by atoms with Gasteiger partial charge >= 0.3 is 0 Å². The predicted octanol–water partition coefficient (Wildman–Crippen LogP) is 4.44. The number of hydrogen-bond acceptors (Lipinski definition) is 5. The van der Waals surface area contributed by atoms with Gasteiger partial charge in [-0.25, -0.2) is 18.1 Å². The summed E-state index contributed by atoms with van der Waals surface area (Å²) in [6, 6.07) is 19.5. The average Bonchev–Trinajstić information content (AvgIpc) is 2.78. The van der Waals surface area contributed by atoms with Gasteiger partial charge in [0.2, 0.25) is 10.0 Å². The van der Waals surface area contributed by atoms with Crippen LogP contribution in [0.1, 0.15) is 5.56 Å². The van der Waals surface area contributed by atoms with E-state index in [1.54, 1.807) is 42.6 Å². The van der Waals surface area contributed by atoms with Crippen LogP contribution in [0.25, 0.3) is 22.3 Å². The molecule has 0 radical (unpaired) electrons. The highest BCUT2D eigenvalue weighted by Crippen LogP contribution is 2.31. The minimum atomic E-state index is -3.82. The standard InChI is InChI=1S/C22H18ClN3O3S/c1-29-20-10-7-16(18-8-9-19-22(26-18)17(23)11-12-24-19)13-21(20)30(27,28)25-14-15-5-3-2-4-6-15/h2-13,25H,14H2,1H3. The van der Waals surface area contributed by atoms with E-state index in [2.05, 4.69) is 14.7 Å². The molecule has 30 heavy (non-hydrogen) atoms. The predicted molar refractivity (Wildman–Crippen MR) is 117 cm³/mol. The lowest BCUT2D eigenvalue weighted by Gasteiger charge is -2.13. The quantitative estimate of drug-likeness (QED) is 0.480. The third kappa shape index (κ3) is 4.14. The van der Waals surface area contributed by atoms with Crippen molar-refractivity contribution in [1.29, 1.82) is 0 Å². The molecule has 0 atom stereocenters. The summed E-state index contributed by atoms with van der Waals surface area (Å²) >= 11 is 6.24. The number of hydrogen-bond donors (Lipinski definition) is 1. The van der Waals surface area contributed by atoms with E-state index in [-0.39, 0.29) is 17.2 Å². The van der Waals surface area contributed by atoms with E-state index in [1.165, 1.54) is 7.11 Å². The number of fused-ring (bicyclic) bond motifs is 1. The molecule has 0 aliphatic carbocycles. The van der Waals surface area contributed by atoms with Gasteiger partial charge in [0.1, 0.15) is 16.2 Å². The van der Waals surface area contributed by atoms with Crippen molar-refractivity contribution in [3.63, 3.8) is 0 Å². The van der Waals surface area contributed by atoms with Gasteiger partial charge < -0.3 is 4.74 Å². The van der Waals surface area contributed by atoms with Gasteiger partial charge in [-0.3, -0.25) is 4.98 Å². The van der Waals surface area contributed by atoms with Crippen molar-refractivity contribution in [1.82, 2.24) is 14.7 Å². The van der Waals surface area contributed by atoms with Crippen molar-refractivity contribution in [3.8, 4) is 17.0 Å². The molecule has 0 aliphatic heterocycles. The number of halogens is 1. The highest BCUT2D eigenvalue weighted by molar-refractivity contribution is 7.89. The molecule has 0 aliphatic rings. The van der Waals surface area contributed by atoms with Gasteiger partial charge in [0.15, 0.2) is 0 Å². The van der Waals surface area contributed by atoms with Crippen LogP contribution in [-0.4, -0.2) is 25.5 Å². The number of sulfonamides is 1. The summed E-state index contributed by atoms with van der Waals surface area (Å²) in [6.45, 7) is 0.173. The molecule has 0 spiro atoms. The Balaban J connectivity index is 1.72. The Morgan fingerprint density at radius 3 is 2.60 bits per heavy atom. The molecule has 4 aromatic rings. The van der Waals surface area contributed by atoms with E-state index < -0.39 is 10.0 Å². The molecule has 1 N–H and O–H groups in total. The second kappa shape index (κ2) is 8.39. The first kappa shape index (κ1) is 20.3. The van der Waals surface area contributed by atoms with Crippen LogP contribution >= 0.6 is 11.6 Å². The molecule has 152 valence electrons. The summed E-state index contributed by atoms with van der Waals surface area (Å²) in [4.78, 5) is 8.85. The van der Waals surface area contributed by atoms with Crippen LogP contribution < -0.4 is 9.46 Å². The van der Waals surface area contributed by atoms with Crippen LogP contribution in [0.2, 0.25) is 5.02 Å². The maximum Gasteiger partial charge on any atom is 0.244 e. The van der Waals surface area contributed by atoms with Gasteiger partial charge in [0.05, 0.1) is 23.3 Å². The lowest BCUT2D eigenvalue weighted by Crippen LogP contribution is -2.23. The Kier molecular flexibility index (Phi) is 5.67. The van der Waals surface area contributed by atoms with E-state index in [0.717, 1.165) is 5.56 Å². The van der Waals surface area contributed by atoms with Gasteiger partial charge in [-0.05, 0) is 42.0 Å². The van der Waals surface area contributed by atoms with Crippen LogP contribution in [0.15, 0.2) is 77.8 Å². The number of aromatic nitrogens is 2. The minimum absolute atomic E-state index is 0.0395. The maximum atomic E-state index is 13.0. The Bertz CT molecular complexity index is 1310. The topological polar surface area (TPSA) is 81.2 Å². The molecule has 0 amide bonds. The second-order valence-corrected chi connectivity index (χ2v) is 8.68. The molecule has 0 bridgehead atoms. The number of ether oxygens (including phenoxy) is 1. The molecule has 2 aromatic heterocycles. The summed E-state index contributed by atoms with van der Waals surface area (Å²) in [5, 5.41) is 0.479. The smallest absolute Gasteiger partial charge is 0.244 e. The van der Waals surface area contributed by atoms with Gasteiger partial charge in [0, 0.05) is 18.3 Å². The van der Waals surface area contributed by atoms with Crippen LogP contribution in [0.4, 0.5) is 0 Å². The Morgan fingerprint density at radius 1 is 1.03 bits per heavy atom. The van der Waals surface area contributed by atoms with Crippen LogP contribution in [0.3, 0.4) is 0 Å². The number of pyridine rings is 2. The number of nitrogens with zero attached hydrogens (tertiary/aromatic N) is 2. The SMILES string of the molecule is COc1ccc(-c2ccc3nccc(Cl)c3n2)cc1S(=O)(=O)NCc1ccccc1. The van der Waals surface area contributed by atoms with Crippen molar-refractivity contribution in [2.45, 2.75) is 11.4 Å². The largest absolute Gasteiger partial charge is 0.495 e. The number of rotatable bonds is 6. The number of benzene rings is 2. The molecule has 6 nitrogen and oxygen atoms in total. The maximum absolute atomic E-state index is 13.0. The molecule has 8 heteroatoms. The number of methoxy groups -OCH3 is 1. The summed E-state index contributed by atoms with van der Waals surface area (Å²) in [7, 11) is -2.39. The Morgan fingerprint density at radius 2 is 1.83 bits per heavy atom. The normalized spacial score (nSPS) is 11.5. The molecule has 2 heterocycles. The molecular weight excluding hydrogens is 422 g/mol. The third-order valence-corrected chi connectivity index (χ3v) is 6.32. The summed E-state index contributed by atoms with van der Waals surface area (Å²) in [6.07, 6.45) is 1.61.